The van der Waals surface area contributed by atoms with Gasteiger partial charge in [0.2, 0.25) is 5.78 Å². The maximum Gasteiger partial charge on any atom is 0.206 e. The Labute approximate surface area is 105 Å². The van der Waals surface area contributed by atoms with Crippen LogP contribution in [0, 0.1) is 0 Å². The molecule has 0 saturated carbocycles. The Morgan fingerprint density at radius 1 is 1.00 bits per heavy atom. The van der Waals surface area contributed by atoms with Crippen LogP contribution in [0.3, 0.4) is 0 Å². The maximum atomic E-state index is 12.4. The van der Waals surface area contributed by atoms with Gasteiger partial charge in [-0.15, -0.1) is 0 Å². The molecule has 1 unspecified atom stereocenters. The van der Waals surface area contributed by atoms with E-state index in [0.29, 0.717) is 16.9 Å². The first-order valence-corrected chi connectivity index (χ1v) is 5.76. The lowest BCUT2D eigenvalue weighted by atomic mass is 9.84. The van der Waals surface area contributed by atoms with Crippen LogP contribution in [0.5, 0.6) is 5.75 Å². The van der Waals surface area contributed by atoms with E-state index in [0.717, 1.165) is 0 Å². The van der Waals surface area contributed by atoms with Crippen molar-refractivity contribution in [3.05, 3.63) is 65.7 Å². The highest BCUT2D eigenvalue weighted by molar-refractivity contribution is 6.05. The van der Waals surface area contributed by atoms with Gasteiger partial charge in [0.1, 0.15) is 12.4 Å². The summed E-state index contributed by atoms with van der Waals surface area (Å²) < 4.78 is 5.49. The number of ketones is 1. The van der Waals surface area contributed by atoms with Crippen LogP contribution < -0.4 is 4.74 Å². The second kappa shape index (κ2) is 3.96. The number of fused-ring (bicyclic) bond motifs is 1. The molecule has 1 heterocycles. The molecule has 0 aliphatic carbocycles. The summed E-state index contributed by atoms with van der Waals surface area (Å²) in [5.74, 6) is 0.221. The summed E-state index contributed by atoms with van der Waals surface area (Å²) in [6, 6.07) is 15.9. The summed E-state index contributed by atoms with van der Waals surface area (Å²) in [7, 11) is 0. The molecule has 18 heavy (non-hydrogen) atoms. The number of aliphatic hydroxyl groups is 1. The first-order chi connectivity index (χ1) is 8.72. The van der Waals surface area contributed by atoms with Crippen molar-refractivity contribution in [1.29, 1.82) is 0 Å². The van der Waals surface area contributed by atoms with E-state index in [2.05, 4.69) is 0 Å². The van der Waals surface area contributed by atoms with Gasteiger partial charge in [0.15, 0.2) is 5.60 Å². The monoisotopic (exact) mass is 240 g/mol. The quantitative estimate of drug-likeness (QED) is 0.830. The van der Waals surface area contributed by atoms with Gasteiger partial charge >= 0.3 is 0 Å². The fourth-order valence-corrected chi connectivity index (χ4v) is 2.18. The van der Waals surface area contributed by atoms with E-state index >= 15 is 0 Å². The average Bonchev–Trinajstić information content (AvgIpc) is 2.44. The number of rotatable bonds is 1. The van der Waals surface area contributed by atoms with Crippen molar-refractivity contribution >= 4 is 5.78 Å². The first kappa shape index (κ1) is 11.0. The van der Waals surface area contributed by atoms with Gasteiger partial charge in [-0.2, -0.15) is 0 Å². The molecule has 90 valence electrons. The van der Waals surface area contributed by atoms with Crippen LogP contribution in [0.2, 0.25) is 0 Å². The zero-order chi connectivity index (χ0) is 12.6. The number of Topliss-reactive ketones (excluding diaryl/α,β-unsaturated/α-hetero) is 1. The highest BCUT2D eigenvalue weighted by atomic mass is 16.5. The fourth-order valence-electron chi connectivity index (χ4n) is 2.18. The van der Waals surface area contributed by atoms with E-state index in [9.17, 15) is 9.90 Å². The van der Waals surface area contributed by atoms with Crippen LogP contribution >= 0.6 is 0 Å². The average molecular weight is 240 g/mol. The third kappa shape index (κ3) is 1.52. The molecule has 3 heteroatoms. The lowest BCUT2D eigenvalue weighted by molar-refractivity contribution is -0.00504. The molecule has 0 spiro atoms. The van der Waals surface area contributed by atoms with Crippen LogP contribution in [0.4, 0.5) is 0 Å². The Kier molecular flexibility index (Phi) is 2.42. The molecule has 0 fully saturated rings. The molecule has 3 nitrogen and oxygen atoms in total. The van der Waals surface area contributed by atoms with Crippen molar-refractivity contribution in [1.82, 2.24) is 0 Å². The zero-order valence-electron chi connectivity index (χ0n) is 9.67. The van der Waals surface area contributed by atoms with Crippen molar-refractivity contribution in [2.24, 2.45) is 0 Å². The molecular weight excluding hydrogens is 228 g/mol. The number of ether oxygens (including phenoxy) is 1. The molecule has 0 aromatic heterocycles. The van der Waals surface area contributed by atoms with Crippen molar-refractivity contribution in [3.63, 3.8) is 0 Å². The first-order valence-electron chi connectivity index (χ1n) is 5.76. The maximum absolute atomic E-state index is 12.4. The second-order valence-corrected chi connectivity index (χ2v) is 4.34. The number of carbonyl (C=O) groups is 1. The van der Waals surface area contributed by atoms with Gasteiger partial charge in [0.05, 0.1) is 5.56 Å². The van der Waals surface area contributed by atoms with Crippen LogP contribution in [0.1, 0.15) is 15.9 Å². The summed E-state index contributed by atoms with van der Waals surface area (Å²) >= 11 is 0. The molecule has 1 N–H and O–H groups in total. The van der Waals surface area contributed by atoms with Gasteiger partial charge in [-0.3, -0.25) is 4.79 Å². The minimum atomic E-state index is -1.59. The van der Waals surface area contributed by atoms with Crippen molar-refractivity contribution in [2.75, 3.05) is 6.61 Å². The molecule has 0 saturated heterocycles. The molecule has 3 rings (SSSR count). The molecule has 1 atom stereocenters. The predicted octanol–water partition coefficient (Wildman–Crippen LogP) is 2.15. The van der Waals surface area contributed by atoms with Gasteiger partial charge in [-0.1, -0.05) is 42.5 Å². The Morgan fingerprint density at radius 3 is 2.44 bits per heavy atom. The van der Waals surface area contributed by atoms with Crippen LogP contribution in [0.15, 0.2) is 54.6 Å². The molecule has 2 aromatic carbocycles. The highest BCUT2D eigenvalue weighted by Crippen LogP contribution is 2.34. The molecule has 0 radical (unpaired) electrons. The summed E-state index contributed by atoms with van der Waals surface area (Å²) in [4.78, 5) is 12.4. The van der Waals surface area contributed by atoms with E-state index in [1.54, 1.807) is 48.5 Å². The van der Waals surface area contributed by atoms with Gasteiger partial charge in [-0.25, -0.2) is 0 Å². The third-order valence-corrected chi connectivity index (χ3v) is 3.20. The highest BCUT2D eigenvalue weighted by Gasteiger charge is 2.43. The van der Waals surface area contributed by atoms with E-state index in [-0.39, 0.29) is 12.4 Å². The number of benzene rings is 2. The molecule has 0 bridgehead atoms. The summed E-state index contributed by atoms with van der Waals surface area (Å²) in [6.07, 6.45) is 0. The minimum Gasteiger partial charge on any atom is -0.489 e. The van der Waals surface area contributed by atoms with Gasteiger partial charge in [0, 0.05) is 0 Å². The molecule has 2 aromatic rings. The number of hydrogen-bond donors (Lipinski definition) is 1. The second-order valence-electron chi connectivity index (χ2n) is 4.34. The number of carbonyl (C=O) groups excluding carboxylic acids is 1. The molecule has 1 aliphatic rings. The van der Waals surface area contributed by atoms with Crippen molar-refractivity contribution in [3.8, 4) is 5.75 Å². The number of para-hydroxylation sites is 1. The van der Waals surface area contributed by atoms with E-state index in [4.69, 9.17) is 4.74 Å². The molecule has 0 amide bonds. The predicted molar refractivity (Wildman–Crippen MR) is 66.6 cm³/mol. The lowest BCUT2D eigenvalue weighted by Crippen LogP contribution is -2.44. The summed E-state index contributed by atoms with van der Waals surface area (Å²) in [6.45, 7) is -0.0488. The summed E-state index contributed by atoms with van der Waals surface area (Å²) in [5.41, 5.74) is -0.602. The molecular formula is C15H12O3. The lowest BCUT2D eigenvalue weighted by Gasteiger charge is -2.32. The van der Waals surface area contributed by atoms with Gasteiger partial charge in [-0.05, 0) is 17.7 Å². The van der Waals surface area contributed by atoms with E-state index < -0.39 is 5.60 Å². The van der Waals surface area contributed by atoms with E-state index in [1.807, 2.05) is 6.07 Å². The van der Waals surface area contributed by atoms with Crippen LogP contribution in [-0.2, 0) is 5.60 Å². The normalized spacial score (nSPS) is 22.2. The van der Waals surface area contributed by atoms with Crippen LogP contribution in [-0.4, -0.2) is 17.5 Å². The molecule has 1 aliphatic heterocycles. The minimum absolute atomic E-state index is 0.0488. The Morgan fingerprint density at radius 2 is 1.67 bits per heavy atom. The summed E-state index contributed by atoms with van der Waals surface area (Å²) in [5, 5.41) is 10.6. The Balaban J connectivity index is 2.10. The van der Waals surface area contributed by atoms with E-state index in [1.165, 1.54) is 0 Å². The van der Waals surface area contributed by atoms with Gasteiger partial charge < -0.3 is 9.84 Å². The van der Waals surface area contributed by atoms with Gasteiger partial charge in [0.25, 0.3) is 0 Å². The number of hydrogen-bond acceptors (Lipinski definition) is 3. The van der Waals surface area contributed by atoms with Crippen molar-refractivity contribution < 1.29 is 14.6 Å². The van der Waals surface area contributed by atoms with Crippen LogP contribution in [0.25, 0.3) is 0 Å². The fraction of sp³-hybridized carbons (Fsp3) is 0.133. The van der Waals surface area contributed by atoms with Crippen molar-refractivity contribution in [2.45, 2.75) is 5.60 Å². The smallest absolute Gasteiger partial charge is 0.206 e. The Bertz CT molecular complexity index is 592. The third-order valence-electron chi connectivity index (χ3n) is 3.20. The topological polar surface area (TPSA) is 46.5 Å². The SMILES string of the molecule is O=C1c2ccccc2OCC1(O)c1ccccc1. The Hall–Kier alpha value is -2.13. The standard InChI is InChI=1S/C15H12O3/c16-14-12-8-4-5-9-13(12)18-10-15(14,17)11-6-2-1-3-7-11/h1-9,17H,10H2. The largest absolute Gasteiger partial charge is 0.489 e. The zero-order valence-corrected chi connectivity index (χ0v) is 9.67.